The van der Waals surface area contributed by atoms with Gasteiger partial charge in [0.2, 0.25) is 5.91 Å². The van der Waals surface area contributed by atoms with E-state index in [4.69, 9.17) is 4.74 Å². The average molecular weight is 371 g/mol. The van der Waals surface area contributed by atoms with Crippen molar-refractivity contribution in [1.82, 2.24) is 5.32 Å². The van der Waals surface area contributed by atoms with Gasteiger partial charge >= 0.3 is 0 Å². The molecule has 5 heteroatoms. The van der Waals surface area contributed by atoms with E-state index in [9.17, 15) is 4.79 Å². The van der Waals surface area contributed by atoms with Gasteiger partial charge in [0.15, 0.2) is 0 Å². The fourth-order valence-corrected chi connectivity index (χ4v) is 3.94. The number of carbonyl (C=O) groups excluding carboxylic acids is 1. The van der Waals surface area contributed by atoms with Crippen molar-refractivity contribution in [2.24, 2.45) is 0 Å². The molecule has 26 heavy (non-hydrogen) atoms. The SMILES string of the molecule is COc1ccc(SC(C)C(=O)NCc2ccc(N3CCCC3)cc2)cc1. The highest BCUT2D eigenvalue weighted by Crippen LogP contribution is 2.25. The van der Waals surface area contributed by atoms with E-state index in [2.05, 4.69) is 34.5 Å². The molecule has 1 fully saturated rings. The highest BCUT2D eigenvalue weighted by molar-refractivity contribution is 8.00. The van der Waals surface area contributed by atoms with Crippen molar-refractivity contribution in [3.05, 3.63) is 54.1 Å². The Bertz CT molecular complexity index is 710. The highest BCUT2D eigenvalue weighted by atomic mass is 32.2. The van der Waals surface area contributed by atoms with Crippen LogP contribution in [0.15, 0.2) is 53.4 Å². The maximum Gasteiger partial charge on any atom is 0.233 e. The number of hydrogen-bond acceptors (Lipinski definition) is 4. The van der Waals surface area contributed by atoms with Crippen molar-refractivity contribution in [3.8, 4) is 5.75 Å². The van der Waals surface area contributed by atoms with Crippen LogP contribution in [0.5, 0.6) is 5.75 Å². The average Bonchev–Trinajstić information content (AvgIpc) is 3.22. The third kappa shape index (κ3) is 4.94. The molecule has 1 N–H and O–H groups in total. The standard InChI is InChI=1S/C21H26N2O2S/c1-16(26-20-11-9-19(25-2)10-12-20)21(24)22-15-17-5-7-18(8-6-17)23-13-3-4-14-23/h5-12,16H,3-4,13-15H2,1-2H3,(H,22,24). The summed E-state index contributed by atoms with van der Waals surface area (Å²) in [6.45, 7) is 4.79. The second-order valence-electron chi connectivity index (χ2n) is 6.51. The van der Waals surface area contributed by atoms with Crippen molar-refractivity contribution < 1.29 is 9.53 Å². The number of hydrogen-bond donors (Lipinski definition) is 1. The van der Waals surface area contributed by atoms with Gasteiger partial charge < -0.3 is 15.0 Å². The molecule has 3 rings (SSSR count). The van der Waals surface area contributed by atoms with Crippen LogP contribution in [0.4, 0.5) is 5.69 Å². The summed E-state index contributed by atoms with van der Waals surface area (Å²) >= 11 is 1.55. The minimum Gasteiger partial charge on any atom is -0.497 e. The first kappa shape index (κ1) is 18.6. The van der Waals surface area contributed by atoms with Crippen LogP contribution in [0.2, 0.25) is 0 Å². The summed E-state index contributed by atoms with van der Waals surface area (Å²) < 4.78 is 5.16. The second kappa shape index (κ2) is 8.99. The summed E-state index contributed by atoms with van der Waals surface area (Å²) in [5.41, 5.74) is 2.41. The highest BCUT2D eigenvalue weighted by Gasteiger charge is 2.15. The zero-order valence-electron chi connectivity index (χ0n) is 15.4. The molecular formula is C21H26N2O2S. The molecule has 1 atom stereocenters. The Kier molecular flexibility index (Phi) is 6.45. The molecule has 1 aliphatic heterocycles. The molecule has 0 saturated carbocycles. The van der Waals surface area contributed by atoms with Crippen LogP contribution in [0, 0.1) is 0 Å². The maximum absolute atomic E-state index is 12.4. The Balaban J connectivity index is 1.47. The molecule has 1 aliphatic rings. The maximum atomic E-state index is 12.4. The summed E-state index contributed by atoms with van der Waals surface area (Å²) in [4.78, 5) is 15.8. The number of methoxy groups -OCH3 is 1. The van der Waals surface area contributed by atoms with Gasteiger partial charge in [-0.2, -0.15) is 0 Å². The van der Waals surface area contributed by atoms with E-state index in [0.717, 1.165) is 29.3 Å². The molecule has 138 valence electrons. The van der Waals surface area contributed by atoms with Gasteiger partial charge in [-0.25, -0.2) is 0 Å². The topological polar surface area (TPSA) is 41.6 Å². The predicted octanol–water partition coefficient (Wildman–Crippen LogP) is 4.09. The summed E-state index contributed by atoms with van der Waals surface area (Å²) in [7, 11) is 1.65. The third-order valence-corrected chi connectivity index (χ3v) is 5.73. The third-order valence-electron chi connectivity index (χ3n) is 4.62. The molecule has 0 spiro atoms. The molecule has 0 aromatic heterocycles. The largest absolute Gasteiger partial charge is 0.497 e. The van der Waals surface area contributed by atoms with Gasteiger partial charge in [0, 0.05) is 30.2 Å². The van der Waals surface area contributed by atoms with Gasteiger partial charge in [0.05, 0.1) is 12.4 Å². The number of thioether (sulfide) groups is 1. The minimum absolute atomic E-state index is 0.0504. The molecule has 0 aliphatic carbocycles. The summed E-state index contributed by atoms with van der Waals surface area (Å²) in [6.07, 6.45) is 2.56. The summed E-state index contributed by atoms with van der Waals surface area (Å²) in [5.74, 6) is 0.873. The lowest BCUT2D eigenvalue weighted by Gasteiger charge is -2.18. The molecule has 4 nitrogen and oxygen atoms in total. The van der Waals surface area contributed by atoms with Crippen LogP contribution in [-0.4, -0.2) is 31.4 Å². The monoisotopic (exact) mass is 370 g/mol. The van der Waals surface area contributed by atoms with Crippen molar-refractivity contribution >= 4 is 23.4 Å². The molecule has 0 radical (unpaired) electrons. The van der Waals surface area contributed by atoms with Gasteiger partial charge in [-0.05, 0) is 61.7 Å². The molecule has 1 saturated heterocycles. The lowest BCUT2D eigenvalue weighted by Crippen LogP contribution is -2.30. The quantitative estimate of drug-likeness (QED) is 0.745. The lowest BCUT2D eigenvalue weighted by atomic mass is 10.2. The van der Waals surface area contributed by atoms with Crippen molar-refractivity contribution in [2.45, 2.75) is 36.5 Å². The zero-order valence-corrected chi connectivity index (χ0v) is 16.2. The fraction of sp³-hybridized carbons (Fsp3) is 0.381. The molecule has 2 aromatic carbocycles. The van der Waals surface area contributed by atoms with Gasteiger partial charge in [0.25, 0.3) is 0 Å². The van der Waals surface area contributed by atoms with Gasteiger partial charge in [-0.1, -0.05) is 12.1 Å². The van der Waals surface area contributed by atoms with Gasteiger partial charge in [-0.15, -0.1) is 11.8 Å². The van der Waals surface area contributed by atoms with Crippen LogP contribution in [0.3, 0.4) is 0 Å². The van der Waals surface area contributed by atoms with Crippen LogP contribution in [0.25, 0.3) is 0 Å². The van der Waals surface area contributed by atoms with Crippen LogP contribution < -0.4 is 15.0 Å². The molecule has 2 aromatic rings. The second-order valence-corrected chi connectivity index (χ2v) is 7.93. The Morgan fingerprint density at radius 3 is 2.38 bits per heavy atom. The molecule has 1 heterocycles. The van der Waals surface area contributed by atoms with E-state index in [0.29, 0.717) is 6.54 Å². The van der Waals surface area contributed by atoms with E-state index >= 15 is 0 Å². The first-order valence-electron chi connectivity index (χ1n) is 9.08. The van der Waals surface area contributed by atoms with E-state index in [1.54, 1.807) is 18.9 Å². The number of rotatable bonds is 7. The lowest BCUT2D eigenvalue weighted by molar-refractivity contribution is -0.120. The normalized spacial score (nSPS) is 14.9. The number of amides is 1. The van der Waals surface area contributed by atoms with E-state index in [1.807, 2.05) is 31.2 Å². The summed E-state index contributed by atoms with van der Waals surface area (Å²) in [5, 5.41) is 2.89. The first-order chi connectivity index (χ1) is 12.7. The van der Waals surface area contributed by atoms with Crippen LogP contribution in [0.1, 0.15) is 25.3 Å². The number of nitrogens with zero attached hydrogens (tertiary/aromatic N) is 1. The van der Waals surface area contributed by atoms with E-state index in [-0.39, 0.29) is 11.2 Å². The summed E-state index contributed by atoms with van der Waals surface area (Å²) in [6, 6.07) is 16.3. The molecule has 1 unspecified atom stereocenters. The van der Waals surface area contributed by atoms with Crippen LogP contribution in [-0.2, 0) is 11.3 Å². The van der Waals surface area contributed by atoms with Crippen LogP contribution >= 0.6 is 11.8 Å². The van der Waals surface area contributed by atoms with Gasteiger partial charge in [-0.3, -0.25) is 4.79 Å². The Morgan fingerprint density at radius 1 is 1.12 bits per heavy atom. The predicted molar refractivity (Wildman–Crippen MR) is 108 cm³/mol. The molecule has 0 bridgehead atoms. The number of nitrogens with one attached hydrogen (secondary N) is 1. The fourth-order valence-electron chi connectivity index (χ4n) is 3.04. The number of carbonyl (C=O) groups is 1. The Labute approximate surface area is 159 Å². The number of benzene rings is 2. The molecular weight excluding hydrogens is 344 g/mol. The smallest absolute Gasteiger partial charge is 0.233 e. The van der Waals surface area contributed by atoms with Gasteiger partial charge in [0.1, 0.15) is 5.75 Å². The van der Waals surface area contributed by atoms with E-state index in [1.165, 1.54) is 18.5 Å². The zero-order chi connectivity index (χ0) is 18.4. The van der Waals surface area contributed by atoms with Crippen molar-refractivity contribution in [3.63, 3.8) is 0 Å². The minimum atomic E-state index is -0.146. The first-order valence-corrected chi connectivity index (χ1v) is 9.96. The van der Waals surface area contributed by atoms with Crippen molar-refractivity contribution in [1.29, 1.82) is 0 Å². The number of anilines is 1. The number of ether oxygens (including phenoxy) is 1. The Hall–Kier alpha value is -2.14. The molecule has 1 amide bonds. The van der Waals surface area contributed by atoms with Crippen molar-refractivity contribution in [2.75, 3.05) is 25.1 Å². The van der Waals surface area contributed by atoms with E-state index < -0.39 is 0 Å². The Morgan fingerprint density at radius 2 is 1.77 bits per heavy atom.